The number of carbonyl (C=O) groups excluding carboxylic acids is 2. The molecule has 0 spiro atoms. The zero-order valence-corrected chi connectivity index (χ0v) is 18.3. The number of hydrazone groups is 1. The van der Waals surface area contributed by atoms with Crippen LogP contribution in [0.15, 0.2) is 68.7 Å². The van der Waals surface area contributed by atoms with E-state index in [1.54, 1.807) is 19.1 Å². The minimum Gasteiger partial charge on any atom is -0.469 e. The molecule has 0 unspecified atom stereocenters. The minimum absolute atomic E-state index is 0.152. The first kappa shape index (κ1) is 20.8. The first-order chi connectivity index (χ1) is 16.0. The van der Waals surface area contributed by atoms with E-state index in [0.717, 1.165) is 22.8 Å². The van der Waals surface area contributed by atoms with Gasteiger partial charge in [0.15, 0.2) is 0 Å². The maximum atomic E-state index is 13.0. The molecule has 1 amide bonds. The summed E-state index contributed by atoms with van der Waals surface area (Å²) in [7, 11) is 0. The summed E-state index contributed by atoms with van der Waals surface area (Å²) in [4.78, 5) is 25.4. The summed E-state index contributed by atoms with van der Waals surface area (Å²) in [5.74, 6) is 0.919. The number of esters is 1. The van der Waals surface area contributed by atoms with E-state index in [4.69, 9.17) is 13.6 Å². The normalized spacial score (nSPS) is 14.3. The van der Waals surface area contributed by atoms with Crippen molar-refractivity contribution >= 4 is 28.4 Å². The maximum Gasteiger partial charge on any atom is 0.379 e. The van der Waals surface area contributed by atoms with Gasteiger partial charge in [0, 0.05) is 22.9 Å². The summed E-state index contributed by atoms with van der Waals surface area (Å²) in [5.41, 5.74) is 5.11. The number of benzene rings is 2. The van der Waals surface area contributed by atoms with Crippen molar-refractivity contribution in [1.29, 1.82) is 0 Å². The maximum absolute atomic E-state index is 13.0. The Morgan fingerprint density at radius 3 is 2.67 bits per heavy atom. The van der Waals surface area contributed by atoms with Crippen LogP contribution in [-0.4, -0.2) is 17.6 Å². The summed E-state index contributed by atoms with van der Waals surface area (Å²) in [5, 5.41) is 6.17. The quantitative estimate of drug-likeness (QED) is 0.262. The number of aryl methyl sites for hydroxylation is 2. The molecule has 1 N–H and O–H groups in total. The zero-order chi connectivity index (χ0) is 22.9. The second-order valence-corrected chi connectivity index (χ2v) is 7.96. The predicted octanol–water partition coefficient (Wildman–Crippen LogP) is 5.33. The van der Waals surface area contributed by atoms with Crippen LogP contribution in [-0.2, 0) is 6.42 Å². The van der Waals surface area contributed by atoms with Crippen molar-refractivity contribution in [3.63, 3.8) is 0 Å². The van der Waals surface area contributed by atoms with Crippen molar-refractivity contribution in [2.45, 2.75) is 33.1 Å². The molecule has 0 saturated heterocycles. The molecular weight excluding hydrogens is 420 g/mol. The summed E-state index contributed by atoms with van der Waals surface area (Å²) in [6, 6.07) is 14.9. The summed E-state index contributed by atoms with van der Waals surface area (Å²) < 4.78 is 16.8. The van der Waals surface area contributed by atoms with Crippen LogP contribution in [0.3, 0.4) is 0 Å². The molecule has 5 rings (SSSR count). The third-order valence-corrected chi connectivity index (χ3v) is 5.86. The molecule has 4 aromatic rings. The summed E-state index contributed by atoms with van der Waals surface area (Å²) >= 11 is 0. The molecule has 0 aliphatic heterocycles. The molecule has 2 heterocycles. The molecule has 0 atom stereocenters. The number of hydrogen-bond acceptors (Lipinski definition) is 6. The van der Waals surface area contributed by atoms with Crippen LogP contribution >= 0.6 is 0 Å². The lowest BCUT2D eigenvalue weighted by Gasteiger charge is -2.13. The van der Waals surface area contributed by atoms with Gasteiger partial charge in [-0.3, -0.25) is 4.79 Å². The van der Waals surface area contributed by atoms with Gasteiger partial charge < -0.3 is 13.6 Å². The van der Waals surface area contributed by atoms with Gasteiger partial charge in [-0.25, -0.2) is 10.2 Å². The number of nitrogens with zero attached hydrogens (tertiary/aromatic N) is 1. The van der Waals surface area contributed by atoms with Crippen LogP contribution in [0.2, 0.25) is 0 Å². The van der Waals surface area contributed by atoms with Gasteiger partial charge in [-0.2, -0.15) is 5.10 Å². The average Bonchev–Trinajstić information content (AvgIpc) is 3.41. The molecule has 0 radical (unpaired) electrons. The van der Waals surface area contributed by atoms with Crippen LogP contribution in [0.4, 0.5) is 0 Å². The highest BCUT2D eigenvalue weighted by atomic mass is 16.5. The number of nitrogens with one attached hydrogen (secondary N) is 1. The first-order valence-corrected chi connectivity index (χ1v) is 10.8. The SMILES string of the molecule is Cc1occc1C(=O)N/N=C1\CCCc2oc(C(=O)Oc3cccc4ccccc34)c(C)c21. The molecule has 0 fully saturated rings. The van der Waals surface area contributed by atoms with Crippen molar-refractivity contribution in [3.05, 3.63) is 88.8 Å². The highest BCUT2D eigenvalue weighted by molar-refractivity contribution is 6.07. The number of amides is 1. The van der Waals surface area contributed by atoms with Gasteiger partial charge in [-0.1, -0.05) is 36.4 Å². The van der Waals surface area contributed by atoms with Crippen molar-refractivity contribution < 1.29 is 23.2 Å². The Kier molecular flexibility index (Phi) is 5.30. The van der Waals surface area contributed by atoms with E-state index in [1.807, 2.05) is 43.3 Å². The molecule has 33 heavy (non-hydrogen) atoms. The Hall–Kier alpha value is -4.13. The lowest BCUT2D eigenvalue weighted by Crippen LogP contribution is -2.22. The van der Waals surface area contributed by atoms with Gasteiger partial charge in [0.25, 0.3) is 5.91 Å². The Morgan fingerprint density at radius 1 is 1.03 bits per heavy atom. The molecule has 2 aromatic heterocycles. The molecular formula is C26H22N2O5. The molecule has 1 aliphatic rings. The van der Waals surface area contributed by atoms with E-state index in [1.165, 1.54) is 6.26 Å². The van der Waals surface area contributed by atoms with Crippen LogP contribution < -0.4 is 10.2 Å². The zero-order valence-electron chi connectivity index (χ0n) is 18.3. The molecule has 7 nitrogen and oxygen atoms in total. The van der Waals surface area contributed by atoms with Gasteiger partial charge in [0.1, 0.15) is 17.3 Å². The number of hydrogen-bond donors (Lipinski definition) is 1. The van der Waals surface area contributed by atoms with Gasteiger partial charge in [-0.05, 0) is 44.2 Å². The number of fused-ring (bicyclic) bond motifs is 2. The molecule has 1 aliphatic carbocycles. The largest absolute Gasteiger partial charge is 0.469 e. The Bertz CT molecular complexity index is 1400. The second-order valence-electron chi connectivity index (χ2n) is 7.96. The number of rotatable bonds is 4. The Labute approximate surface area is 190 Å². The molecule has 7 heteroatoms. The third kappa shape index (κ3) is 3.82. The van der Waals surface area contributed by atoms with E-state index in [2.05, 4.69) is 10.5 Å². The van der Waals surface area contributed by atoms with E-state index in [-0.39, 0.29) is 11.7 Å². The lowest BCUT2D eigenvalue weighted by atomic mass is 9.93. The van der Waals surface area contributed by atoms with E-state index >= 15 is 0 Å². The minimum atomic E-state index is -0.560. The average molecular weight is 442 g/mol. The number of ether oxygens (including phenoxy) is 1. The molecule has 0 saturated carbocycles. The van der Waals surface area contributed by atoms with Gasteiger partial charge >= 0.3 is 5.97 Å². The summed E-state index contributed by atoms with van der Waals surface area (Å²) in [6.07, 6.45) is 3.61. The first-order valence-electron chi connectivity index (χ1n) is 10.8. The Balaban J connectivity index is 1.42. The van der Waals surface area contributed by atoms with E-state index in [9.17, 15) is 9.59 Å². The highest BCUT2D eigenvalue weighted by Gasteiger charge is 2.29. The van der Waals surface area contributed by atoms with Crippen molar-refractivity contribution in [1.82, 2.24) is 5.43 Å². The molecule has 0 bridgehead atoms. The van der Waals surface area contributed by atoms with Gasteiger partial charge in [-0.15, -0.1) is 0 Å². The smallest absolute Gasteiger partial charge is 0.379 e. The van der Waals surface area contributed by atoms with Gasteiger partial charge in [0.2, 0.25) is 5.76 Å². The Morgan fingerprint density at radius 2 is 1.85 bits per heavy atom. The van der Waals surface area contributed by atoms with Crippen molar-refractivity contribution in [2.75, 3.05) is 0 Å². The van der Waals surface area contributed by atoms with E-state index in [0.29, 0.717) is 47.0 Å². The monoisotopic (exact) mass is 442 g/mol. The third-order valence-electron chi connectivity index (χ3n) is 5.86. The number of carbonyl (C=O) groups is 2. The molecule has 166 valence electrons. The van der Waals surface area contributed by atoms with Crippen LogP contribution in [0.25, 0.3) is 10.8 Å². The van der Waals surface area contributed by atoms with Crippen LogP contribution in [0.5, 0.6) is 5.75 Å². The fourth-order valence-corrected chi connectivity index (χ4v) is 4.20. The predicted molar refractivity (Wildman–Crippen MR) is 123 cm³/mol. The summed E-state index contributed by atoms with van der Waals surface area (Å²) in [6.45, 7) is 3.53. The topological polar surface area (TPSA) is 94.0 Å². The highest BCUT2D eigenvalue weighted by Crippen LogP contribution is 2.32. The van der Waals surface area contributed by atoms with Crippen LogP contribution in [0, 0.1) is 13.8 Å². The second kappa shape index (κ2) is 8.43. The fourth-order valence-electron chi connectivity index (χ4n) is 4.20. The van der Waals surface area contributed by atoms with Crippen molar-refractivity contribution in [3.8, 4) is 5.75 Å². The number of furan rings is 2. The van der Waals surface area contributed by atoms with Crippen molar-refractivity contribution in [2.24, 2.45) is 5.10 Å². The fraction of sp³-hybridized carbons (Fsp3) is 0.192. The lowest BCUT2D eigenvalue weighted by molar-refractivity contribution is 0.0700. The standard InChI is InChI=1S/C26H22N2O5/c1-15-23-20(27-28-25(29)18-13-14-31-16(18)2)10-6-12-22(23)32-24(15)26(30)33-21-11-5-8-17-7-3-4-9-19(17)21/h3-5,7-9,11,13-14H,6,10,12H2,1-2H3,(H,28,29)/b27-20+. The molecule has 2 aromatic carbocycles. The van der Waals surface area contributed by atoms with E-state index < -0.39 is 5.97 Å². The van der Waals surface area contributed by atoms with Gasteiger partial charge in [0.05, 0.1) is 17.5 Å². The van der Waals surface area contributed by atoms with Crippen LogP contribution in [0.1, 0.15) is 56.4 Å².